The second-order valence-corrected chi connectivity index (χ2v) is 9.46. The van der Waals surface area contributed by atoms with Crippen molar-refractivity contribution in [2.45, 2.75) is 17.9 Å². The maximum atomic E-state index is 14.4. The number of cyclic esters (lactones) is 1. The van der Waals surface area contributed by atoms with Crippen molar-refractivity contribution < 1.29 is 38.7 Å². The lowest BCUT2D eigenvalue weighted by Gasteiger charge is -2.41. The van der Waals surface area contributed by atoms with Gasteiger partial charge in [0.05, 0.1) is 28.4 Å². The number of ether oxygens (including phenoxy) is 5. The molecule has 0 saturated heterocycles. The number of phenols is 2. The molecule has 0 bridgehead atoms. The van der Waals surface area contributed by atoms with Gasteiger partial charge >= 0.3 is 5.97 Å². The van der Waals surface area contributed by atoms with Gasteiger partial charge in [-0.05, 0) is 59.2 Å². The Morgan fingerprint density at radius 1 is 0.700 bits per heavy atom. The van der Waals surface area contributed by atoms with E-state index in [0.717, 1.165) is 5.56 Å². The van der Waals surface area contributed by atoms with Crippen molar-refractivity contribution >= 4 is 5.97 Å². The normalized spacial score (nSPS) is 17.9. The number of hydrogen-bond acceptors (Lipinski definition) is 8. The van der Waals surface area contributed by atoms with Crippen LogP contribution in [0.15, 0.2) is 78.9 Å². The highest BCUT2D eigenvalue weighted by molar-refractivity contribution is 5.96. The molecule has 0 aliphatic carbocycles. The highest BCUT2D eigenvalue weighted by atomic mass is 16.5. The molecule has 0 unspecified atom stereocenters. The Balaban J connectivity index is 1.79. The van der Waals surface area contributed by atoms with Gasteiger partial charge in [-0.25, -0.2) is 0 Å². The minimum absolute atomic E-state index is 0.152. The number of carbonyl (C=O) groups excluding carboxylic acids is 1. The minimum atomic E-state index is -1.63. The van der Waals surface area contributed by atoms with E-state index in [9.17, 15) is 15.0 Å². The van der Waals surface area contributed by atoms with Gasteiger partial charge in [0.25, 0.3) is 0 Å². The van der Waals surface area contributed by atoms with E-state index in [4.69, 9.17) is 23.7 Å². The largest absolute Gasteiger partial charge is 0.508 e. The van der Waals surface area contributed by atoms with E-state index in [1.165, 1.54) is 26.4 Å². The maximum absolute atomic E-state index is 14.4. The zero-order chi connectivity index (χ0) is 28.4. The fourth-order valence-corrected chi connectivity index (χ4v) is 5.36. The zero-order valence-electron chi connectivity index (χ0n) is 22.6. The molecule has 2 atom stereocenters. The van der Waals surface area contributed by atoms with Crippen LogP contribution in [0.25, 0.3) is 0 Å². The Morgan fingerprint density at radius 3 is 1.80 bits per heavy atom. The highest BCUT2D eigenvalue weighted by Gasteiger charge is 2.53. The smallest absolute Gasteiger partial charge is 0.326 e. The third-order valence-corrected chi connectivity index (χ3v) is 7.30. The number of phenolic OH excluding ortho intramolecular Hbond substituents is 2. The molecule has 5 rings (SSSR count). The first-order valence-corrected chi connectivity index (χ1v) is 12.6. The minimum Gasteiger partial charge on any atom is -0.508 e. The molecule has 1 heterocycles. The first-order valence-electron chi connectivity index (χ1n) is 12.6. The number of esters is 1. The Labute approximate surface area is 232 Å². The summed E-state index contributed by atoms with van der Waals surface area (Å²) in [5, 5.41) is 22.0. The Kier molecular flexibility index (Phi) is 7.17. The third kappa shape index (κ3) is 4.51. The summed E-state index contributed by atoms with van der Waals surface area (Å²) in [6, 6.07) is 22.3. The number of benzene rings is 4. The summed E-state index contributed by atoms with van der Waals surface area (Å²) in [7, 11) is 6.19. The van der Waals surface area contributed by atoms with E-state index in [1.807, 2.05) is 24.3 Å². The molecule has 4 aromatic rings. The highest BCUT2D eigenvalue weighted by Crippen LogP contribution is 2.53. The predicted octanol–water partition coefficient (Wildman–Crippen LogP) is 5.31. The fourth-order valence-electron chi connectivity index (χ4n) is 5.36. The molecule has 0 saturated carbocycles. The van der Waals surface area contributed by atoms with Crippen LogP contribution in [0.5, 0.6) is 34.5 Å². The second-order valence-electron chi connectivity index (χ2n) is 9.46. The van der Waals surface area contributed by atoms with Gasteiger partial charge < -0.3 is 33.9 Å². The molecule has 4 aromatic carbocycles. The van der Waals surface area contributed by atoms with Gasteiger partial charge in [0.2, 0.25) is 0 Å². The monoisotopic (exact) mass is 542 g/mol. The SMILES string of the molecule is COc1ccc(C[C@H]2OC(=O)[C@](c3ccc(OC)cc3)(c3cc(OC)cc(OC)c3)c3c(O)cc(O)cc32)cc1. The summed E-state index contributed by atoms with van der Waals surface area (Å²) >= 11 is 0. The number of hydrogen-bond donors (Lipinski definition) is 2. The molecule has 0 aromatic heterocycles. The summed E-state index contributed by atoms with van der Waals surface area (Å²) in [5.41, 5.74) is 1.03. The third-order valence-electron chi connectivity index (χ3n) is 7.30. The van der Waals surface area contributed by atoms with Gasteiger partial charge in [0, 0.05) is 29.7 Å². The van der Waals surface area contributed by atoms with Crippen LogP contribution < -0.4 is 18.9 Å². The standard InChI is InChI=1S/C32H30O8/c1-36-23-9-5-19(6-10-23)13-29-27-16-22(33)17-28(34)30(27)32(31(35)40-29,20-7-11-24(37-2)12-8-20)21-14-25(38-3)18-26(15-21)39-4/h5-12,14-18,29,33-34H,13H2,1-4H3/t29-,32-/m1/s1. The van der Waals surface area contributed by atoms with Crippen LogP contribution in [-0.4, -0.2) is 44.6 Å². The first kappa shape index (κ1) is 26.7. The summed E-state index contributed by atoms with van der Waals surface area (Å²) in [6.07, 6.45) is -0.473. The second kappa shape index (κ2) is 10.7. The van der Waals surface area contributed by atoms with E-state index in [-0.39, 0.29) is 11.5 Å². The van der Waals surface area contributed by atoms with Crippen LogP contribution in [0.1, 0.15) is 33.9 Å². The molecule has 40 heavy (non-hydrogen) atoms. The number of methoxy groups -OCH3 is 4. The predicted molar refractivity (Wildman–Crippen MR) is 148 cm³/mol. The van der Waals surface area contributed by atoms with Crippen molar-refractivity contribution in [1.82, 2.24) is 0 Å². The molecule has 8 nitrogen and oxygen atoms in total. The molecule has 0 amide bonds. The zero-order valence-corrected chi connectivity index (χ0v) is 22.6. The van der Waals surface area contributed by atoms with Crippen molar-refractivity contribution in [1.29, 1.82) is 0 Å². The van der Waals surface area contributed by atoms with Crippen LogP contribution in [0.4, 0.5) is 0 Å². The average Bonchev–Trinajstić information content (AvgIpc) is 2.98. The maximum Gasteiger partial charge on any atom is 0.326 e. The van der Waals surface area contributed by atoms with Gasteiger partial charge in [-0.2, -0.15) is 0 Å². The number of aromatic hydroxyl groups is 2. The fraction of sp³-hybridized carbons (Fsp3) is 0.219. The molecule has 206 valence electrons. The van der Waals surface area contributed by atoms with Crippen LogP contribution >= 0.6 is 0 Å². The number of fused-ring (bicyclic) bond motifs is 1. The van der Waals surface area contributed by atoms with E-state index in [2.05, 4.69) is 0 Å². The Morgan fingerprint density at radius 2 is 1.25 bits per heavy atom. The summed E-state index contributed by atoms with van der Waals surface area (Å²) in [4.78, 5) is 14.4. The van der Waals surface area contributed by atoms with E-state index in [1.54, 1.807) is 56.7 Å². The van der Waals surface area contributed by atoms with Gasteiger partial charge in [-0.15, -0.1) is 0 Å². The lowest BCUT2D eigenvalue weighted by atomic mass is 9.65. The average molecular weight is 543 g/mol. The van der Waals surface area contributed by atoms with E-state index in [0.29, 0.717) is 51.7 Å². The van der Waals surface area contributed by atoms with E-state index < -0.39 is 17.5 Å². The van der Waals surface area contributed by atoms with Crippen molar-refractivity contribution in [3.8, 4) is 34.5 Å². The van der Waals surface area contributed by atoms with Crippen LogP contribution in [0.2, 0.25) is 0 Å². The molecule has 0 fully saturated rings. The van der Waals surface area contributed by atoms with Crippen molar-refractivity contribution in [2.24, 2.45) is 0 Å². The molecule has 8 heteroatoms. The number of rotatable bonds is 8. The topological polar surface area (TPSA) is 104 Å². The lowest BCUT2D eigenvalue weighted by Crippen LogP contribution is -2.45. The molecule has 2 N–H and O–H groups in total. The van der Waals surface area contributed by atoms with Crippen LogP contribution in [0.3, 0.4) is 0 Å². The van der Waals surface area contributed by atoms with Gasteiger partial charge in [0.15, 0.2) is 0 Å². The molecule has 1 aliphatic heterocycles. The van der Waals surface area contributed by atoms with Crippen molar-refractivity contribution in [3.05, 3.63) is 107 Å². The van der Waals surface area contributed by atoms with E-state index >= 15 is 0 Å². The molecule has 0 spiro atoms. The van der Waals surface area contributed by atoms with Gasteiger partial charge in [-0.3, -0.25) is 4.79 Å². The summed E-state index contributed by atoms with van der Waals surface area (Å²) in [5.74, 6) is 1.21. The quantitative estimate of drug-likeness (QED) is 0.289. The Bertz CT molecular complexity index is 1510. The van der Waals surface area contributed by atoms with Gasteiger partial charge in [0.1, 0.15) is 46.0 Å². The molecule has 1 aliphatic rings. The molecular weight excluding hydrogens is 512 g/mol. The first-order chi connectivity index (χ1) is 19.3. The molecular formula is C32H30O8. The lowest BCUT2D eigenvalue weighted by molar-refractivity contribution is -0.155. The molecule has 0 radical (unpaired) electrons. The van der Waals surface area contributed by atoms with Crippen LogP contribution in [-0.2, 0) is 21.4 Å². The number of carbonyl (C=O) groups is 1. The van der Waals surface area contributed by atoms with Gasteiger partial charge in [-0.1, -0.05) is 24.3 Å². The summed E-state index contributed by atoms with van der Waals surface area (Å²) < 4.78 is 27.9. The van der Waals surface area contributed by atoms with Crippen molar-refractivity contribution in [3.63, 3.8) is 0 Å². The van der Waals surface area contributed by atoms with Crippen LogP contribution in [0, 0.1) is 0 Å². The summed E-state index contributed by atoms with van der Waals surface area (Å²) in [6.45, 7) is 0. The van der Waals surface area contributed by atoms with Crippen molar-refractivity contribution in [2.75, 3.05) is 28.4 Å². The Hall–Kier alpha value is -4.85.